The number of rotatable bonds is 9. The van der Waals surface area contributed by atoms with Gasteiger partial charge in [0.1, 0.15) is 34.1 Å². The average Bonchev–Trinajstić information content (AvgIpc) is 3.43. The van der Waals surface area contributed by atoms with Crippen molar-refractivity contribution in [2.45, 2.75) is 20.0 Å². The van der Waals surface area contributed by atoms with Crippen LogP contribution in [0.25, 0.3) is 10.6 Å². The number of aliphatic hydroxyl groups is 1. The molecule has 0 radical (unpaired) electrons. The average molecular weight is 457 g/mol. The maximum atomic E-state index is 12.6. The Balaban J connectivity index is 1.30. The third-order valence-corrected chi connectivity index (χ3v) is 5.91. The first-order valence-electron chi connectivity index (χ1n) is 10.2. The summed E-state index contributed by atoms with van der Waals surface area (Å²) >= 11 is 1.31. The van der Waals surface area contributed by atoms with E-state index in [0.717, 1.165) is 16.3 Å². The standard InChI is InChI=1S/C23H24N2O6S/c1-3-28-17-6-4-15(5-7-17)23-25-14(2)21(32-23)22(27)24-11-16(26)12-29-18-8-9-19-20(10-18)31-13-30-19/h4-10,16,26H,3,11-13H2,1-2H3,(H,24,27). The van der Waals surface area contributed by atoms with Gasteiger partial charge in [0.15, 0.2) is 11.5 Å². The van der Waals surface area contributed by atoms with Gasteiger partial charge < -0.3 is 29.4 Å². The number of hydrogen-bond acceptors (Lipinski definition) is 8. The lowest BCUT2D eigenvalue weighted by Crippen LogP contribution is -2.35. The summed E-state index contributed by atoms with van der Waals surface area (Å²) in [5.41, 5.74) is 1.56. The summed E-state index contributed by atoms with van der Waals surface area (Å²) in [5.74, 6) is 2.33. The number of ether oxygens (including phenoxy) is 4. The molecule has 0 saturated heterocycles. The van der Waals surface area contributed by atoms with Crippen molar-refractivity contribution >= 4 is 17.2 Å². The lowest BCUT2D eigenvalue weighted by molar-refractivity contribution is 0.0846. The zero-order chi connectivity index (χ0) is 22.5. The minimum Gasteiger partial charge on any atom is -0.494 e. The summed E-state index contributed by atoms with van der Waals surface area (Å²) in [4.78, 5) is 17.6. The van der Waals surface area contributed by atoms with Gasteiger partial charge in [0, 0.05) is 18.2 Å². The minimum atomic E-state index is -0.872. The van der Waals surface area contributed by atoms with E-state index in [4.69, 9.17) is 18.9 Å². The molecule has 9 heteroatoms. The van der Waals surface area contributed by atoms with E-state index in [1.165, 1.54) is 11.3 Å². The Morgan fingerprint density at radius 3 is 2.69 bits per heavy atom. The molecule has 0 saturated carbocycles. The number of fused-ring (bicyclic) bond motifs is 1. The summed E-state index contributed by atoms with van der Waals surface area (Å²) in [6, 6.07) is 12.8. The molecule has 168 valence electrons. The van der Waals surface area contributed by atoms with Gasteiger partial charge in [-0.1, -0.05) is 0 Å². The van der Waals surface area contributed by atoms with E-state index in [1.54, 1.807) is 25.1 Å². The summed E-state index contributed by atoms with van der Waals surface area (Å²) in [7, 11) is 0. The molecule has 0 bridgehead atoms. The number of carbonyl (C=O) groups excluding carboxylic acids is 1. The smallest absolute Gasteiger partial charge is 0.263 e. The number of aromatic nitrogens is 1. The normalized spacial score (nSPS) is 13.0. The highest BCUT2D eigenvalue weighted by Gasteiger charge is 2.18. The molecule has 2 N–H and O–H groups in total. The molecular weight excluding hydrogens is 432 g/mol. The second-order valence-corrected chi connectivity index (χ2v) is 8.08. The van der Waals surface area contributed by atoms with Crippen molar-refractivity contribution in [3.63, 3.8) is 0 Å². The zero-order valence-electron chi connectivity index (χ0n) is 17.8. The number of nitrogens with one attached hydrogen (secondary N) is 1. The Hall–Kier alpha value is -3.30. The molecule has 1 aliphatic heterocycles. The van der Waals surface area contributed by atoms with E-state index >= 15 is 0 Å². The number of nitrogens with zero attached hydrogens (tertiary/aromatic N) is 1. The topological polar surface area (TPSA) is 99.1 Å². The molecule has 2 heterocycles. The molecule has 3 aromatic rings. The van der Waals surface area contributed by atoms with Gasteiger partial charge >= 0.3 is 0 Å². The number of thiazole rings is 1. The van der Waals surface area contributed by atoms with Gasteiger partial charge in [-0.15, -0.1) is 11.3 Å². The Kier molecular flexibility index (Phi) is 6.77. The fraction of sp³-hybridized carbons (Fsp3) is 0.304. The molecule has 0 aliphatic carbocycles. The third kappa shape index (κ3) is 5.12. The molecular formula is C23H24N2O6S. The highest BCUT2D eigenvalue weighted by atomic mass is 32.1. The Morgan fingerprint density at radius 2 is 1.91 bits per heavy atom. The van der Waals surface area contributed by atoms with Crippen LogP contribution in [-0.2, 0) is 0 Å². The summed E-state index contributed by atoms with van der Waals surface area (Å²) in [6.45, 7) is 4.60. The number of aryl methyl sites for hydroxylation is 1. The molecule has 2 aromatic carbocycles. The number of amides is 1. The van der Waals surface area contributed by atoms with Gasteiger partial charge in [-0.2, -0.15) is 0 Å². The fourth-order valence-electron chi connectivity index (χ4n) is 3.10. The first kappa shape index (κ1) is 21.9. The van der Waals surface area contributed by atoms with Crippen molar-refractivity contribution in [1.82, 2.24) is 10.3 Å². The Bertz CT molecular complexity index is 1080. The Labute approximate surface area is 189 Å². The van der Waals surface area contributed by atoms with E-state index in [9.17, 15) is 9.90 Å². The van der Waals surface area contributed by atoms with Crippen LogP contribution in [0.3, 0.4) is 0 Å². The zero-order valence-corrected chi connectivity index (χ0v) is 18.6. The molecule has 1 atom stereocenters. The lowest BCUT2D eigenvalue weighted by atomic mass is 10.2. The van der Waals surface area contributed by atoms with Crippen molar-refractivity contribution in [3.8, 4) is 33.6 Å². The van der Waals surface area contributed by atoms with Gasteiger partial charge in [0.2, 0.25) is 6.79 Å². The van der Waals surface area contributed by atoms with E-state index in [0.29, 0.717) is 34.4 Å². The lowest BCUT2D eigenvalue weighted by Gasteiger charge is -2.13. The van der Waals surface area contributed by atoms with Gasteiger partial charge in [-0.05, 0) is 50.2 Å². The molecule has 8 nitrogen and oxygen atoms in total. The molecule has 1 amide bonds. The third-order valence-electron chi connectivity index (χ3n) is 4.70. The van der Waals surface area contributed by atoms with Crippen LogP contribution in [0.1, 0.15) is 22.3 Å². The molecule has 0 fully saturated rings. The van der Waals surface area contributed by atoms with Crippen molar-refractivity contribution in [1.29, 1.82) is 0 Å². The van der Waals surface area contributed by atoms with E-state index in [2.05, 4.69) is 10.3 Å². The van der Waals surface area contributed by atoms with Crippen molar-refractivity contribution in [2.75, 3.05) is 26.6 Å². The minimum absolute atomic E-state index is 0.0268. The van der Waals surface area contributed by atoms with E-state index in [-0.39, 0.29) is 25.9 Å². The van der Waals surface area contributed by atoms with E-state index < -0.39 is 6.10 Å². The maximum absolute atomic E-state index is 12.6. The predicted molar refractivity (Wildman–Crippen MR) is 120 cm³/mol. The highest BCUT2D eigenvalue weighted by Crippen LogP contribution is 2.35. The molecule has 0 spiro atoms. The van der Waals surface area contributed by atoms with Crippen molar-refractivity contribution in [2.24, 2.45) is 0 Å². The van der Waals surface area contributed by atoms with Gasteiger partial charge in [0.05, 0.1) is 12.3 Å². The SMILES string of the molecule is CCOc1ccc(-c2nc(C)c(C(=O)NCC(O)COc3ccc4c(c3)OCO4)s2)cc1. The predicted octanol–water partition coefficient (Wildman–Crippen LogP) is 3.42. The molecule has 32 heavy (non-hydrogen) atoms. The van der Waals surface area contributed by atoms with Crippen LogP contribution in [0.15, 0.2) is 42.5 Å². The van der Waals surface area contributed by atoms with Crippen molar-refractivity contribution in [3.05, 3.63) is 53.0 Å². The van der Waals surface area contributed by atoms with Crippen LogP contribution in [-0.4, -0.2) is 48.7 Å². The van der Waals surface area contributed by atoms with Gasteiger partial charge in [-0.25, -0.2) is 4.98 Å². The first-order chi connectivity index (χ1) is 15.5. The van der Waals surface area contributed by atoms with Crippen LogP contribution in [0.4, 0.5) is 0 Å². The summed E-state index contributed by atoms with van der Waals surface area (Å²) in [5, 5.41) is 13.7. The van der Waals surface area contributed by atoms with Crippen LogP contribution >= 0.6 is 11.3 Å². The monoisotopic (exact) mass is 456 g/mol. The quantitative estimate of drug-likeness (QED) is 0.509. The van der Waals surface area contributed by atoms with Crippen molar-refractivity contribution < 1.29 is 28.8 Å². The van der Waals surface area contributed by atoms with Gasteiger partial charge in [-0.3, -0.25) is 4.79 Å². The number of benzene rings is 2. The first-order valence-corrected chi connectivity index (χ1v) is 11.0. The Morgan fingerprint density at radius 1 is 1.16 bits per heavy atom. The molecule has 1 unspecified atom stereocenters. The fourth-order valence-corrected chi connectivity index (χ4v) is 4.09. The summed E-state index contributed by atoms with van der Waals surface area (Å²) < 4.78 is 21.6. The van der Waals surface area contributed by atoms with Crippen LogP contribution in [0.5, 0.6) is 23.0 Å². The van der Waals surface area contributed by atoms with Crippen LogP contribution in [0.2, 0.25) is 0 Å². The van der Waals surface area contributed by atoms with E-state index in [1.807, 2.05) is 31.2 Å². The highest BCUT2D eigenvalue weighted by molar-refractivity contribution is 7.17. The second kappa shape index (κ2) is 9.88. The molecule has 1 aromatic heterocycles. The maximum Gasteiger partial charge on any atom is 0.263 e. The van der Waals surface area contributed by atoms with Crippen LogP contribution < -0.4 is 24.3 Å². The van der Waals surface area contributed by atoms with Crippen LogP contribution in [0, 0.1) is 6.92 Å². The second-order valence-electron chi connectivity index (χ2n) is 7.08. The molecule has 4 rings (SSSR count). The van der Waals surface area contributed by atoms with Gasteiger partial charge in [0.25, 0.3) is 5.91 Å². The largest absolute Gasteiger partial charge is 0.494 e. The number of carbonyl (C=O) groups is 1. The number of aliphatic hydroxyl groups excluding tert-OH is 1. The molecule has 1 aliphatic rings. The number of hydrogen-bond donors (Lipinski definition) is 2. The summed E-state index contributed by atoms with van der Waals surface area (Å²) in [6.07, 6.45) is -0.872.